The van der Waals surface area contributed by atoms with Crippen molar-refractivity contribution in [1.29, 1.82) is 0 Å². The number of hydrogen-bond acceptors (Lipinski definition) is 5. The van der Waals surface area contributed by atoms with Crippen LogP contribution in [0.2, 0.25) is 0 Å². The normalized spacial score (nSPS) is 14.7. The van der Waals surface area contributed by atoms with Gasteiger partial charge in [0, 0.05) is 25.9 Å². The van der Waals surface area contributed by atoms with Crippen molar-refractivity contribution in [3.8, 4) is 22.6 Å². The zero-order valence-corrected chi connectivity index (χ0v) is 16.3. The Morgan fingerprint density at radius 2 is 1.86 bits per heavy atom. The van der Waals surface area contributed by atoms with Gasteiger partial charge in [-0.3, -0.25) is 14.7 Å². The predicted molar refractivity (Wildman–Crippen MR) is 112 cm³/mol. The maximum absolute atomic E-state index is 13.1. The van der Waals surface area contributed by atoms with Crippen LogP contribution in [0, 0.1) is 0 Å². The fraction of sp³-hybridized carbons (Fsp3) is 0.261. The molecule has 29 heavy (non-hydrogen) atoms. The van der Waals surface area contributed by atoms with Gasteiger partial charge in [0.2, 0.25) is 0 Å². The predicted octanol–water partition coefficient (Wildman–Crippen LogP) is 3.85. The Balaban J connectivity index is 1.52. The molecule has 0 radical (unpaired) electrons. The van der Waals surface area contributed by atoms with E-state index >= 15 is 0 Å². The highest BCUT2D eigenvalue weighted by molar-refractivity contribution is 5.91. The number of benzene rings is 1. The van der Waals surface area contributed by atoms with Gasteiger partial charge in [0.15, 0.2) is 5.58 Å². The molecule has 1 aliphatic rings. The summed E-state index contributed by atoms with van der Waals surface area (Å²) in [6.45, 7) is 3.34. The van der Waals surface area contributed by atoms with Gasteiger partial charge in [0.1, 0.15) is 11.1 Å². The summed E-state index contributed by atoms with van der Waals surface area (Å²) in [6.07, 6.45) is 4.26. The number of aromatic nitrogens is 3. The third-order valence-electron chi connectivity index (χ3n) is 5.63. The van der Waals surface area contributed by atoms with Crippen molar-refractivity contribution >= 4 is 11.0 Å². The fourth-order valence-corrected chi connectivity index (χ4v) is 4.04. The van der Waals surface area contributed by atoms with Crippen LogP contribution >= 0.6 is 0 Å². The number of nitrogens with zero attached hydrogens (tertiary/aromatic N) is 4. The minimum Gasteiger partial charge on any atom is -0.355 e. The van der Waals surface area contributed by atoms with E-state index in [0.717, 1.165) is 17.8 Å². The lowest BCUT2D eigenvalue weighted by atomic mass is 10.1. The van der Waals surface area contributed by atoms with E-state index in [-0.39, 0.29) is 5.56 Å². The zero-order valence-electron chi connectivity index (χ0n) is 16.3. The molecule has 6 nitrogen and oxygen atoms in total. The first kappa shape index (κ1) is 17.8. The lowest BCUT2D eigenvalue weighted by Crippen LogP contribution is -2.19. The van der Waals surface area contributed by atoms with Crippen LogP contribution in [0.25, 0.3) is 33.6 Å². The van der Waals surface area contributed by atoms with Crippen LogP contribution in [0.3, 0.4) is 0 Å². The third-order valence-corrected chi connectivity index (χ3v) is 5.63. The quantitative estimate of drug-likeness (QED) is 0.533. The highest BCUT2D eigenvalue weighted by Gasteiger charge is 2.19. The third kappa shape index (κ3) is 3.25. The van der Waals surface area contributed by atoms with Crippen LogP contribution in [0.15, 0.2) is 64.0 Å². The molecule has 1 aromatic carbocycles. The van der Waals surface area contributed by atoms with Gasteiger partial charge in [0.05, 0.1) is 11.4 Å². The lowest BCUT2D eigenvalue weighted by Gasteiger charge is -2.15. The van der Waals surface area contributed by atoms with E-state index in [1.54, 1.807) is 17.8 Å². The van der Waals surface area contributed by atoms with Gasteiger partial charge in [-0.15, -0.1) is 0 Å². The molecule has 0 N–H and O–H groups in total. The second-order valence-corrected chi connectivity index (χ2v) is 7.56. The molecule has 0 amide bonds. The molecule has 0 spiro atoms. The minimum absolute atomic E-state index is 0.138. The zero-order chi connectivity index (χ0) is 19.8. The molecule has 4 aromatic rings. The van der Waals surface area contributed by atoms with Crippen LogP contribution in [-0.2, 0) is 13.6 Å². The van der Waals surface area contributed by atoms with Crippen molar-refractivity contribution in [2.24, 2.45) is 7.05 Å². The molecule has 146 valence electrons. The summed E-state index contributed by atoms with van der Waals surface area (Å²) >= 11 is 0. The molecule has 0 saturated carbocycles. The molecule has 5 rings (SSSR count). The van der Waals surface area contributed by atoms with E-state index in [2.05, 4.69) is 39.3 Å². The van der Waals surface area contributed by atoms with E-state index in [1.165, 1.54) is 31.5 Å². The number of likely N-dealkylation sites (tertiary alicyclic amines) is 1. The molecule has 0 bridgehead atoms. The van der Waals surface area contributed by atoms with Crippen LogP contribution in [0.4, 0.5) is 0 Å². The molecular formula is C23H22N4O2. The largest absolute Gasteiger partial charge is 0.355 e. The molecule has 4 heterocycles. The van der Waals surface area contributed by atoms with E-state index < -0.39 is 0 Å². The Hall–Kier alpha value is -3.25. The first-order valence-electron chi connectivity index (χ1n) is 9.93. The SMILES string of the molecule is Cn1c(-c2ccc(CN3CCCC3)cc2)cc2onc(-c3ccccn3)c2c1=O. The molecule has 3 aromatic heterocycles. The molecule has 6 heteroatoms. The summed E-state index contributed by atoms with van der Waals surface area (Å²) in [5.74, 6) is 0. The lowest BCUT2D eigenvalue weighted by molar-refractivity contribution is 0.331. The van der Waals surface area contributed by atoms with E-state index in [0.29, 0.717) is 22.4 Å². The maximum atomic E-state index is 13.1. The minimum atomic E-state index is -0.138. The molecule has 1 saturated heterocycles. The van der Waals surface area contributed by atoms with E-state index in [1.807, 2.05) is 24.3 Å². The topological polar surface area (TPSA) is 64.2 Å². The van der Waals surface area contributed by atoms with Crippen LogP contribution in [0.5, 0.6) is 0 Å². The van der Waals surface area contributed by atoms with Crippen LogP contribution in [-0.4, -0.2) is 32.7 Å². The van der Waals surface area contributed by atoms with Crippen LogP contribution < -0.4 is 5.56 Å². The van der Waals surface area contributed by atoms with Crippen molar-refractivity contribution < 1.29 is 4.52 Å². The van der Waals surface area contributed by atoms with Crippen molar-refractivity contribution in [3.63, 3.8) is 0 Å². The Labute approximate surface area is 168 Å². The average molecular weight is 386 g/mol. The standard InChI is InChI=1S/C23H22N4O2/c1-26-19(17-9-7-16(8-10-17)15-27-12-4-5-13-27)14-20-21(23(26)28)22(25-29-20)18-6-2-3-11-24-18/h2-3,6-11,14H,4-5,12-13,15H2,1H3. The highest BCUT2D eigenvalue weighted by Crippen LogP contribution is 2.28. The summed E-state index contributed by atoms with van der Waals surface area (Å²) in [5.41, 5.74) is 4.52. The van der Waals surface area contributed by atoms with Gasteiger partial charge in [-0.2, -0.15) is 0 Å². The summed E-state index contributed by atoms with van der Waals surface area (Å²) in [7, 11) is 1.78. The van der Waals surface area contributed by atoms with E-state index in [9.17, 15) is 4.79 Å². The first-order valence-corrected chi connectivity index (χ1v) is 9.93. The van der Waals surface area contributed by atoms with Crippen molar-refractivity contribution in [3.05, 3.63) is 70.6 Å². The second-order valence-electron chi connectivity index (χ2n) is 7.56. The van der Waals surface area contributed by atoms with Gasteiger partial charge in [-0.1, -0.05) is 35.5 Å². The summed E-state index contributed by atoms with van der Waals surface area (Å²) < 4.78 is 7.16. The van der Waals surface area contributed by atoms with E-state index in [4.69, 9.17) is 4.52 Å². The monoisotopic (exact) mass is 386 g/mol. The van der Waals surface area contributed by atoms with Gasteiger partial charge >= 0.3 is 0 Å². The molecule has 0 aliphatic carbocycles. The maximum Gasteiger partial charge on any atom is 0.264 e. The number of hydrogen-bond donors (Lipinski definition) is 0. The fourth-order valence-electron chi connectivity index (χ4n) is 4.04. The smallest absolute Gasteiger partial charge is 0.264 e. The number of rotatable bonds is 4. The molecule has 1 fully saturated rings. The van der Waals surface area contributed by atoms with Gasteiger partial charge in [0.25, 0.3) is 5.56 Å². The second kappa shape index (κ2) is 7.29. The average Bonchev–Trinajstić information content (AvgIpc) is 3.42. The Morgan fingerprint density at radius 3 is 2.59 bits per heavy atom. The summed E-state index contributed by atoms with van der Waals surface area (Å²) in [5, 5.41) is 4.58. The van der Waals surface area contributed by atoms with Gasteiger partial charge < -0.3 is 9.09 Å². The number of fused-ring (bicyclic) bond motifs is 1. The van der Waals surface area contributed by atoms with Crippen molar-refractivity contribution in [1.82, 2.24) is 19.6 Å². The molecule has 0 unspecified atom stereocenters. The van der Waals surface area contributed by atoms with Crippen molar-refractivity contribution in [2.45, 2.75) is 19.4 Å². The first-order chi connectivity index (χ1) is 14.2. The number of pyridine rings is 2. The Kier molecular flexibility index (Phi) is 4.48. The highest BCUT2D eigenvalue weighted by atomic mass is 16.5. The molecule has 1 aliphatic heterocycles. The van der Waals surface area contributed by atoms with Crippen LogP contribution in [0.1, 0.15) is 18.4 Å². The molecular weight excluding hydrogens is 364 g/mol. The summed E-state index contributed by atoms with van der Waals surface area (Å²) in [6, 6.07) is 15.8. The Morgan fingerprint density at radius 1 is 1.07 bits per heavy atom. The van der Waals surface area contributed by atoms with Gasteiger partial charge in [-0.05, 0) is 49.2 Å². The Bertz CT molecular complexity index is 1200. The van der Waals surface area contributed by atoms with Gasteiger partial charge in [-0.25, -0.2) is 0 Å². The summed E-state index contributed by atoms with van der Waals surface area (Å²) in [4.78, 5) is 19.9. The van der Waals surface area contributed by atoms with Crippen molar-refractivity contribution in [2.75, 3.05) is 13.1 Å². The molecule has 0 atom stereocenters.